The number of hydrogen-bond donors (Lipinski definition) is 0. The minimum Gasteiger partial charge on any atom is -0.355 e. The maximum atomic E-state index is 11.7. The van der Waals surface area contributed by atoms with Gasteiger partial charge in [0, 0.05) is 33.1 Å². The molecule has 6 heteroatoms. The molecule has 0 aromatic carbocycles. The van der Waals surface area contributed by atoms with E-state index in [1.54, 1.807) is 27.1 Å². The molecule has 2 rings (SSSR count). The number of hydrogen-bond acceptors (Lipinski definition) is 5. The number of carbonyl (C=O) groups excluding carboxylic acids is 2. The monoisotopic (exact) mass is 276 g/mol. The third kappa shape index (κ3) is 3.12. The minimum absolute atomic E-state index is 0.153. The van der Waals surface area contributed by atoms with Crippen molar-refractivity contribution in [1.82, 2.24) is 15.1 Å². The Bertz CT molecular complexity index is 490. The molecule has 0 spiro atoms. The fourth-order valence-electron chi connectivity index (χ4n) is 2.35. The van der Waals surface area contributed by atoms with Gasteiger partial charge < -0.3 is 9.80 Å². The van der Waals surface area contributed by atoms with Crippen LogP contribution in [-0.4, -0.2) is 54.0 Å². The van der Waals surface area contributed by atoms with Gasteiger partial charge in [0.1, 0.15) is 5.78 Å². The largest absolute Gasteiger partial charge is 0.355 e. The van der Waals surface area contributed by atoms with Gasteiger partial charge >= 0.3 is 0 Å². The number of ketones is 1. The highest BCUT2D eigenvalue weighted by atomic mass is 16.2. The lowest BCUT2D eigenvalue weighted by molar-refractivity contribution is -0.121. The Kier molecular flexibility index (Phi) is 4.32. The van der Waals surface area contributed by atoms with Crippen molar-refractivity contribution in [2.24, 2.45) is 5.92 Å². The van der Waals surface area contributed by atoms with Crippen LogP contribution in [0.15, 0.2) is 12.1 Å². The summed E-state index contributed by atoms with van der Waals surface area (Å²) in [5.41, 5.74) is 0.345. The van der Waals surface area contributed by atoms with Gasteiger partial charge in [-0.1, -0.05) is 0 Å². The quantitative estimate of drug-likeness (QED) is 0.823. The molecular weight excluding hydrogens is 256 g/mol. The molecule has 1 fully saturated rings. The molecule has 0 aliphatic carbocycles. The van der Waals surface area contributed by atoms with Crippen molar-refractivity contribution in [3.63, 3.8) is 0 Å². The molecule has 1 saturated heterocycles. The molecule has 1 amide bonds. The van der Waals surface area contributed by atoms with Crippen LogP contribution in [0.3, 0.4) is 0 Å². The fourth-order valence-corrected chi connectivity index (χ4v) is 2.35. The second-order valence-corrected chi connectivity index (χ2v) is 5.35. The van der Waals surface area contributed by atoms with Gasteiger partial charge in [0.15, 0.2) is 11.5 Å². The third-order valence-corrected chi connectivity index (χ3v) is 3.67. The van der Waals surface area contributed by atoms with Gasteiger partial charge in [-0.3, -0.25) is 9.59 Å². The van der Waals surface area contributed by atoms with E-state index < -0.39 is 0 Å². The lowest BCUT2D eigenvalue weighted by Gasteiger charge is -2.31. The van der Waals surface area contributed by atoms with Crippen molar-refractivity contribution in [1.29, 1.82) is 0 Å². The van der Waals surface area contributed by atoms with E-state index in [4.69, 9.17) is 0 Å². The predicted octanol–water partition coefficient (Wildman–Crippen LogP) is 0.984. The first-order chi connectivity index (χ1) is 9.49. The highest BCUT2D eigenvalue weighted by Crippen LogP contribution is 2.22. The molecule has 1 aliphatic heterocycles. The molecule has 0 saturated carbocycles. The van der Waals surface area contributed by atoms with E-state index in [9.17, 15) is 9.59 Å². The molecule has 1 aromatic heterocycles. The molecule has 1 aliphatic rings. The number of rotatable bonds is 3. The molecule has 0 unspecified atom stereocenters. The summed E-state index contributed by atoms with van der Waals surface area (Å²) in [6.07, 6.45) is 1.71. The molecule has 20 heavy (non-hydrogen) atoms. The summed E-state index contributed by atoms with van der Waals surface area (Å²) in [6, 6.07) is 3.51. The van der Waals surface area contributed by atoms with Gasteiger partial charge in [-0.2, -0.15) is 0 Å². The van der Waals surface area contributed by atoms with E-state index in [0.29, 0.717) is 5.69 Å². The first-order valence-electron chi connectivity index (χ1n) is 6.80. The molecular formula is C14H20N4O2. The Morgan fingerprint density at radius 1 is 1.20 bits per heavy atom. The number of nitrogens with zero attached hydrogens (tertiary/aromatic N) is 4. The first kappa shape index (κ1) is 14.4. The van der Waals surface area contributed by atoms with Gasteiger partial charge in [-0.15, -0.1) is 10.2 Å². The van der Waals surface area contributed by atoms with Crippen LogP contribution in [0.2, 0.25) is 0 Å². The van der Waals surface area contributed by atoms with E-state index >= 15 is 0 Å². The van der Waals surface area contributed by atoms with Crippen molar-refractivity contribution in [2.75, 3.05) is 32.1 Å². The minimum atomic E-state index is -0.153. The summed E-state index contributed by atoms with van der Waals surface area (Å²) in [5, 5.41) is 8.10. The van der Waals surface area contributed by atoms with Gasteiger partial charge in [0.2, 0.25) is 0 Å². The number of carbonyl (C=O) groups is 2. The van der Waals surface area contributed by atoms with E-state index in [-0.39, 0.29) is 17.6 Å². The molecule has 6 nitrogen and oxygen atoms in total. The zero-order valence-corrected chi connectivity index (χ0v) is 12.2. The van der Waals surface area contributed by atoms with Crippen molar-refractivity contribution in [3.8, 4) is 0 Å². The zero-order valence-electron chi connectivity index (χ0n) is 12.2. The lowest BCUT2D eigenvalue weighted by atomic mass is 9.93. The Morgan fingerprint density at radius 2 is 1.85 bits per heavy atom. The summed E-state index contributed by atoms with van der Waals surface area (Å²) in [7, 11) is 3.37. The summed E-state index contributed by atoms with van der Waals surface area (Å²) in [4.78, 5) is 26.6. The van der Waals surface area contributed by atoms with Crippen LogP contribution in [0.25, 0.3) is 0 Å². The number of Topliss-reactive ketones (excluding diaryl/α,β-unsaturated/α-hetero) is 1. The Morgan fingerprint density at radius 3 is 2.30 bits per heavy atom. The van der Waals surface area contributed by atoms with Crippen LogP contribution in [-0.2, 0) is 4.79 Å². The highest BCUT2D eigenvalue weighted by Gasteiger charge is 2.23. The summed E-state index contributed by atoms with van der Waals surface area (Å²) < 4.78 is 0. The van der Waals surface area contributed by atoms with E-state index in [1.807, 2.05) is 6.07 Å². The number of aromatic nitrogens is 2. The van der Waals surface area contributed by atoms with E-state index in [0.717, 1.165) is 31.7 Å². The Balaban J connectivity index is 2.01. The fraction of sp³-hybridized carbons (Fsp3) is 0.571. The van der Waals surface area contributed by atoms with Crippen LogP contribution < -0.4 is 4.90 Å². The number of anilines is 1. The number of amides is 1. The van der Waals surface area contributed by atoms with Crippen molar-refractivity contribution in [3.05, 3.63) is 17.8 Å². The molecule has 108 valence electrons. The SMILES string of the molecule is CC(=O)C1CCN(c2ccc(C(=O)N(C)C)nn2)CC1. The summed E-state index contributed by atoms with van der Waals surface area (Å²) in [5.74, 6) is 1.05. The summed E-state index contributed by atoms with van der Waals surface area (Å²) >= 11 is 0. The van der Waals surface area contributed by atoms with Crippen LogP contribution in [0.1, 0.15) is 30.3 Å². The smallest absolute Gasteiger partial charge is 0.273 e. The van der Waals surface area contributed by atoms with Gasteiger partial charge in [0.25, 0.3) is 5.91 Å². The average Bonchev–Trinajstić information content (AvgIpc) is 2.46. The van der Waals surface area contributed by atoms with Crippen LogP contribution in [0.4, 0.5) is 5.82 Å². The standard InChI is InChI=1S/C14H20N4O2/c1-10(19)11-6-8-18(9-7-11)13-5-4-12(15-16-13)14(20)17(2)3/h4-5,11H,6-9H2,1-3H3. The Hall–Kier alpha value is -1.98. The molecule has 2 heterocycles. The van der Waals surface area contributed by atoms with Gasteiger partial charge in [-0.05, 0) is 31.9 Å². The van der Waals surface area contributed by atoms with E-state index in [1.165, 1.54) is 4.90 Å². The van der Waals surface area contributed by atoms with E-state index in [2.05, 4.69) is 15.1 Å². The predicted molar refractivity (Wildman–Crippen MR) is 75.7 cm³/mol. The van der Waals surface area contributed by atoms with Crippen LogP contribution >= 0.6 is 0 Å². The van der Waals surface area contributed by atoms with Crippen LogP contribution in [0, 0.1) is 5.92 Å². The third-order valence-electron chi connectivity index (χ3n) is 3.67. The molecule has 0 N–H and O–H groups in total. The molecule has 0 atom stereocenters. The van der Waals surface area contributed by atoms with Crippen molar-refractivity contribution >= 4 is 17.5 Å². The van der Waals surface area contributed by atoms with Gasteiger partial charge in [0.05, 0.1) is 0 Å². The molecule has 0 radical (unpaired) electrons. The first-order valence-corrected chi connectivity index (χ1v) is 6.80. The zero-order chi connectivity index (χ0) is 14.7. The maximum absolute atomic E-state index is 11.7. The van der Waals surface area contributed by atoms with Crippen molar-refractivity contribution in [2.45, 2.75) is 19.8 Å². The normalized spacial score (nSPS) is 16.1. The molecule has 1 aromatic rings. The highest BCUT2D eigenvalue weighted by molar-refractivity contribution is 5.91. The van der Waals surface area contributed by atoms with Crippen molar-refractivity contribution < 1.29 is 9.59 Å². The van der Waals surface area contributed by atoms with Crippen LogP contribution in [0.5, 0.6) is 0 Å². The maximum Gasteiger partial charge on any atom is 0.273 e. The molecule has 0 bridgehead atoms. The Labute approximate surface area is 118 Å². The average molecular weight is 276 g/mol. The topological polar surface area (TPSA) is 66.4 Å². The second kappa shape index (κ2) is 5.98. The second-order valence-electron chi connectivity index (χ2n) is 5.35. The number of piperidine rings is 1. The lowest BCUT2D eigenvalue weighted by Crippen LogP contribution is -2.36. The summed E-state index contributed by atoms with van der Waals surface area (Å²) in [6.45, 7) is 3.27. The van der Waals surface area contributed by atoms with Gasteiger partial charge in [-0.25, -0.2) is 0 Å².